The molecule has 0 saturated carbocycles. The number of hydrogen-bond donors (Lipinski definition) is 0. The second-order valence-electron chi connectivity index (χ2n) is 4.43. The number of aryl methyl sites for hydroxylation is 1. The number of oxazole rings is 1. The van der Waals surface area contributed by atoms with E-state index in [4.69, 9.17) is 4.42 Å². The predicted octanol–water partition coefficient (Wildman–Crippen LogP) is 5.22. The Balaban J connectivity index is 2.15. The molecule has 1 aromatic heterocycles. The van der Waals surface area contributed by atoms with Gasteiger partial charge in [-0.05, 0) is 24.3 Å². The molecule has 100 valence electrons. The average molecular weight is 332 g/mol. The molecule has 0 atom stereocenters. The molecule has 0 N–H and O–H groups in total. The van der Waals surface area contributed by atoms with Crippen LogP contribution >= 0.6 is 15.9 Å². The van der Waals surface area contributed by atoms with Crippen LogP contribution in [-0.4, -0.2) is 4.98 Å². The number of halogens is 2. The summed E-state index contributed by atoms with van der Waals surface area (Å²) in [7, 11) is 0. The zero-order chi connectivity index (χ0) is 14.1. The Hall–Kier alpha value is -1.94. The lowest BCUT2D eigenvalue weighted by atomic mass is 10.1. The third-order valence-corrected chi connectivity index (χ3v) is 3.47. The van der Waals surface area contributed by atoms with Crippen molar-refractivity contribution in [2.75, 3.05) is 0 Å². The molecule has 0 radical (unpaired) electrons. The Bertz CT molecular complexity index is 749. The molecule has 3 rings (SSSR count). The lowest BCUT2D eigenvalue weighted by Gasteiger charge is -2.02. The molecule has 0 amide bonds. The normalized spacial score (nSPS) is 10.8. The van der Waals surface area contributed by atoms with Gasteiger partial charge in [0.05, 0.1) is 0 Å². The highest BCUT2D eigenvalue weighted by atomic mass is 79.9. The largest absolute Gasteiger partial charge is 0.440 e. The minimum Gasteiger partial charge on any atom is -0.440 e. The Morgan fingerprint density at radius 1 is 1.05 bits per heavy atom. The third-order valence-electron chi connectivity index (χ3n) is 2.94. The van der Waals surface area contributed by atoms with Gasteiger partial charge >= 0.3 is 0 Å². The van der Waals surface area contributed by atoms with Crippen LogP contribution in [0, 0.1) is 12.7 Å². The van der Waals surface area contributed by atoms with Crippen LogP contribution in [0.3, 0.4) is 0 Å². The van der Waals surface area contributed by atoms with E-state index >= 15 is 0 Å². The minimum absolute atomic E-state index is 0.287. The maximum Gasteiger partial charge on any atom is 0.192 e. The van der Waals surface area contributed by atoms with E-state index in [1.54, 1.807) is 13.0 Å². The van der Waals surface area contributed by atoms with Crippen LogP contribution in [0.15, 0.2) is 57.4 Å². The summed E-state index contributed by atoms with van der Waals surface area (Å²) in [5, 5.41) is 0. The van der Waals surface area contributed by atoms with Gasteiger partial charge in [-0.2, -0.15) is 0 Å². The fourth-order valence-electron chi connectivity index (χ4n) is 2.06. The van der Waals surface area contributed by atoms with Crippen molar-refractivity contribution in [3.8, 4) is 22.6 Å². The lowest BCUT2D eigenvalue weighted by Crippen LogP contribution is -1.84. The summed E-state index contributed by atoms with van der Waals surface area (Å²) in [5.74, 6) is 0.924. The first kappa shape index (κ1) is 13.1. The fourth-order valence-corrected chi connectivity index (χ4v) is 2.32. The molecule has 2 nitrogen and oxygen atoms in total. The number of benzene rings is 2. The first-order chi connectivity index (χ1) is 9.63. The van der Waals surface area contributed by atoms with Gasteiger partial charge in [0.25, 0.3) is 0 Å². The van der Waals surface area contributed by atoms with E-state index < -0.39 is 0 Å². The smallest absolute Gasteiger partial charge is 0.192 e. The Kier molecular flexibility index (Phi) is 3.40. The average Bonchev–Trinajstić information content (AvgIpc) is 2.82. The molecular weight excluding hydrogens is 321 g/mol. The van der Waals surface area contributed by atoms with Crippen molar-refractivity contribution in [1.82, 2.24) is 4.98 Å². The van der Waals surface area contributed by atoms with Crippen LogP contribution in [0.5, 0.6) is 0 Å². The summed E-state index contributed by atoms with van der Waals surface area (Å²) < 4.78 is 20.1. The monoisotopic (exact) mass is 331 g/mol. The molecule has 0 unspecified atom stereocenters. The molecule has 0 aliphatic rings. The van der Waals surface area contributed by atoms with Gasteiger partial charge < -0.3 is 4.42 Å². The SMILES string of the molecule is Cc1nc(-c2cccc(F)c2)c(-c2ccc(Br)cc2)o1. The molecule has 0 spiro atoms. The van der Waals surface area contributed by atoms with Gasteiger partial charge in [0, 0.05) is 22.5 Å². The van der Waals surface area contributed by atoms with E-state index in [-0.39, 0.29) is 5.82 Å². The van der Waals surface area contributed by atoms with Crippen molar-refractivity contribution in [3.05, 3.63) is 64.7 Å². The molecule has 0 aliphatic carbocycles. The molecule has 2 aromatic carbocycles. The van der Waals surface area contributed by atoms with Gasteiger partial charge in [-0.25, -0.2) is 9.37 Å². The van der Waals surface area contributed by atoms with Crippen molar-refractivity contribution in [1.29, 1.82) is 0 Å². The maximum absolute atomic E-state index is 13.4. The third kappa shape index (κ3) is 2.51. The van der Waals surface area contributed by atoms with E-state index in [0.29, 0.717) is 22.9 Å². The van der Waals surface area contributed by atoms with Gasteiger partial charge in [-0.15, -0.1) is 0 Å². The Labute approximate surface area is 124 Å². The minimum atomic E-state index is -0.287. The molecule has 1 heterocycles. The van der Waals surface area contributed by atoms with Crippen LogP contribution < -0.4 is 0 Å². The quantitative estimate of drug-likeness (QED) is 0.643. The van der Waals surface area contributed by atoms with Gasteiger partial charge in [0.2, 0.25) is 0 Å². The number of aromatic nitrogens is 1. The second kappa shape index (κ2) is 5.21. The van der Waals surface area contributed by atoms with Gasteiger partial charge in [-0.1, -0.05) is 40.2 Å². The molecular formula is C16H11BrFNO. The van der Waals surface area contributed by atoms with Gasteiger partial charge in [-0.3, -0.25) is 0 Å². The van der Waals surface area contributed by atoms with Crippen molar-refractivity contribution < 1.29 is 8.81 Å². The summed E-state index contributed by atoms with van der Waals surface area (Å²) in [5.41, 5.74) is 2.28. The summed E-state index contributed by atoms with van der Waals surface area (Å²) in [6.07, 6.45) is 0. The fraction of sp³-hybridized carbons (Fsp3) is 0.0625. The Morgan fingerprint density at radius 3 is 2.50 bits per heavy atom. The zero-order valence-electron chi connectivity index (χ0n) is 10.7. The van der Waals surface area contributed by atoms with Crippen molar-refractivity contribution >= 4 is 15.9 Å². The van der Waals surface area contributed by atoms with Crippen LogP contribution in [0.4, 0.5) is 4.39 Å². The van der Waals surface area contributed by atoms with Crippen molar-refractivity contribution in [2.24, 2.45) is 0 Å². The van der Waals surface area contributed by atoms with Crippen LogP contribution in [0.1, 0.15) is 5.89 Å². The molecule has 20 heavy (non-hydrogen) atoms. The van der Waals surface area contributed by atoms with Crippen LogP contribution in [0.2, 0.25) is 0 Å². The van der Waals surface area contributed by atoms with E-state index in [1.807, 2.05) is 30.3 Å². The van der Waals surface area contributed by atoms with Crippen molar-refractivity contribution in [2.45, 2.75) is 6.92 Å². The zero-order valence-corrected chi connectivity index (χ0v) is 12.3. The van der Waals surface area contributed by atoms with Crippen LogP contribution in [-0.2, 0) is 0 Å². The van der Waals surface area contributed by atoms with Gasteiger partial charge in [0.15, 0.2) is 11.7 Å². The van der Waals surface area contributed by atoms with E-state index in [0.717, 1.165) is 10.0 Å². The Morgan fingerprint density at radius 2 is 1.80 bits per heavy atom. The molecule has 0 aliphatic heterocycles. The predicted molar refractivity (Wildman–Crippen MR) is 79.8 cm³/mol. The van der Waals surface area contributed by atoms with Crippen molar-refractivity contribution in [3.63, 3.8) is 0 Å². The maximum atomic E-state index is 13.4. The number of rotatable bonds is 2. The van der Waals surface area contributed by atoms with E-state index in [2.05, 4.69) is 20.9 Å². The number of nitrogens with zero attached hydrogens (tertiary/aromatic N) is 1. The topological polar surface area (TPSA) is 26.0 Å². The highest BCUT2D eigenvalue weighted by Gasteiger charge is 2.15. The lowest BCUT2D eigenvalue weighted by molar-refractivity contribution is 0.534. The molecule has 0 saturated heterocycles. The highest BCUT2D eigenvalue weighted by Crippen LogP contribution is 2.33. The van der Waals surface area contributed by atoms with Crippen LogP contribution in [0.25, 0.3) is 22.6 Å². The summed E-state index contributed by atoms with van der Waals surface area (Å²) in [6, 6.07) is 14.1. The highest BCUT2D eigenvalue weighted by molar-refractivity contribution is 9.10. The van der Waals surface area contributed by atoms with E-state index in [1.165, 1.54) is 12.1 Å². The number of hydrogen-bond acceptors (Lipinski definition) is 2. The molecule has 0 fully saturated rings. The summed E-state index contributed by atoms with van der Waals surface area (Å²) in [4.78, 5) is 4.38. The molecule has 3 aromatic rings. The van der Waals surface area contributed by atoms with E-state index in [9.17, 15) is 4.39 Å². The van der Waals surface area contributed by atoms with Gasteiger partial charge in [0.1, 0.15) is 11.5 Å². The molecule has 0 bridgehead atoms. The summed E-state index contributed by atoms with van der Waals surface area (Å²) in [6.45, 7) is 1.78. The first-order valence-corrected chi connectivity index (χ1v) is 6.92. The second-order valence-corrected chi connectivity index (χ2v) is 5.34. The molecule has 4 heteroatoms. The first-order valence-electron chi connectivity index (χ1n) is 6.13. The summed E-state index contributed by atoms with van der Waals surface area (Å²) >= 11 is 3.40. The standard InChI is InChI=1S/C16H11BrFNO/c1-10-19-15(12-3-2-4-14(18)9-12)16(20-10)11-5-7-13(17)8-6-11/h2-9H,1H3.